The summed E-state index contributed by atoms with van der Waals surface area (Å²) in [5.41, 5.74) is 1.05. The van der Waals surface area contributed by atoms with Crippen LogP contribution in [-0.2, 0) is 0 Å². The molecule has 1 aromatic carbocycles. The summed E-state index contributed by atoms with van der Waals surface area (Å²) in [6.07, 6.45) is 4.91. The molecule has 4 heteroatoms. The highest BCUT2D eigenvalue weighted by Gasteiger charge is 2.53. The van der Waals surface area contributed by atoms with Crippen LogP contribution in [0.15, 0.2) is 24.3 Å². The average Bonchev–Trinajstić information content (AvgIpc) is 3.37. The lowest BCUT2D eigenvalue weighted by Crippen LogP contribution is -2.35. The zero-order valence-electron chi connectivity index (χ0n) is 12.2. The van der Waals surface area contributed by atoms with Crippen LogP contribution in [0.4, 0.5) is 0 Å². The van der Waals surface area contributed by atoms with Gasteiger partial charge in [-0.1, -0.05) is 12.1 Å². The molecule has 0 aromatic heterocycles. The molecular formula is C17H22N2O2. The topological polar surface area (TPSA) is 65.3 Å². The van der Waals surface area contributed by atoms with Gasteiger partial charge in [-0.2, -0.15) is 5.26 Å². The number of hydrogen-bond acceptors (Lipinski definition) is 4. The Morgan fingerprint density at radius 2 is 2.14 bits per heavy atom. The van der Waals surface area contributed by atoms with Gasteiger partial charge in [-0.25, -0.2) is 0 Å². The highest BCUT2D eigenvalue weighted by Crippen LogP contribution is 2.60. The second-order valence-electron chi connectivity index (χ2n) is 6.34. The first-order valence-electron chi connectivity index (χ1n) is 7.74. The van der Waals surface area contributed by atoms with Crippen LogP contribution in [0.5, 0.6) is 5.75 Å². The van der Waals surface area contributed by atoms with E-state index in [1.165, 1.54) is 25.7 Å². The van der Waals surface area contributed by atoms with Crippen LogP contribution in [-0.4, -0.2) is 30.9 Å². The predicted octanol–water partition coefficient (Wildman–Crippen LogP) is 2.08. The number of hydrogen-bond donors (Lipinski definition) is 2. The van der Waals surface area contributed by atoms with Crippen LogP contribution >= 0.6 is 0 Å². The Morgan fingerprint density at radius 1 is 1.38 bits per heavy atom. The Morgan fingerprint density at radius 3 is 2.81 bits per heavy atom. The van der Waals surface area contributed by atoms with Crippen LogP contribution in [0.25, 0.3) is 0 Å². The molecule has 4 nitrogen and oxygen atoms in total. The molecule has 2 aliphatic rings. The van der Waals surface area contributed by atoms with Crippen LogP contribution in [0.2, 0.25) is 0 Å². The van der Waals surface area contributed by atoms with E-state index in [9.17, 15) is 5.11 Å². The Kier molecular flexibility index (Phi) is 4.14. The van der Waals surface area contributed by atoms with E-state index in [1.807, 2.05) is 6.07 Å². The van der Waals surface area contributed by atoms with E-state index < -0.39 is 6.10 Å². The largest absolute Gasteiger partial charge is 0.489 e. The lowest BCUT2D eigenvalue weighted by atomic mass is 10.0. The Labute approximate surface area is 125 Å². The summed E-state index contributed by atoms with van der Waals surface area (Å²) in [5, 5.41) is 22.3. The van der Waals surface area contributed by atoms with Crippen molar-refractivity contribution in [3.05, 3.63) is 29.8 Å². The van der Waals surface area contributed by atoms with Gasteiger partial charge in [0.05, 0.1) is 5.56 Å². The minimum absolute atomic E-state index is 0.210. The first-order valence-corrected chi connectivity index (χ1v) is 7.74. The maximum atomic E-state index is 9.98. The molecule has 2 fully saturated rings. The van der Waals surface area contributed by atoms with Crippen molar-refractivity contribution in [1.29, 1.82) is 5.26 Å². The summed E-state index contributed by atoms with van der Waals surface area (Å²) in [5.74, 6) is 1.47. The van der Waals surface area contributed by atoms with Crippen LogP contribution in [0.3, 0.4) is 0 Å². The van der Waals surface area contributed by atoms with Crippen molar-refractivity contribution in [3.63, 3.8) is 0 Å². The van der Waals surface area contributed by atoms with Gasteiger partial charge in [-0.05, 0) is 49.1 Å². The van der Waals surface area contributed by atoms with E-state index in [2.05, 4.69) is 11.4 Å². The van der Waals surface area contributed by atoms with E-state index in [1.54, 1.807) is 18.2 Å². The second kappa shape index (κ2) is 6.05. The van der Waals surface area contributed by atoms with Gasteiger partial charge in [-0.3, -0.25) is 0 Å². The molecule has 21 heavy (non-hydrogen) atoms. The van der Waals surface area contributed by atoms with Gasteiger partial charge in [0.25, 0.3) is 0 Å². The molecule has 1 atom stereocenters. The van der Waals surface area contributed by atoms with Gasteiger partial charge >= 0.3 is 0 Å². The van der Waals surface area contributed by atoms with E-state index in [0.29, 0.717) is 23.3 Å². The van der Waals surface area contributed by atoms with Crippen molar-refractivity contribution < 1.29 is 9.84 Å². The molecule has 0 amide bonds. The van der Waals surface area contributed by atoms with Gasteiger partial charge in [0.1, 0.15) is 24.5 Å². The van der Waals surface area contributed by atoms with Crippen LogP contribution in [0, 0.1) is 22.7 Å². The molecule has 0 saturated heterocycles. The molecule has 112 valence electrons. The van der Waals surface area contributed by atoms with Crippen molar-refractivity contribution in [2.45, 2.75) is 31.8 Å². The van der Waals surface area contributed by atoms with Crippen molar-refractivity contribution in [1.82, 2.24) is 5.32 Å². The van der Waals surface area contributed by atoms with Gasteiger partial charge in [0.2, 0.25) is 0 Å². The SMILES string of the molecule is N#Cc1ccccc1OCC(O)CNCC1(C2CC2)CC1. The fourth-order valence-electron chi connectivity index (χ4n) is 3.00. The van der Waals surface area contributed by atoms with E-state index in [-0.39, 0.29) is 6.61 Å². The lowest BCUT2D eigenvalue weighted by molar-refractivity contribution is 0.104. The summed E-state index contributed by atoms with van der Waals surface area (Å²) in [7, 11) is 0. The molecule has 1 aromatic rings. The summed E-state index contributed by atoms with van der Waals surface area (Å²) in [6, 6.07) is 9.19. The second-order valence-corrected chi connectivity index (χ2v) is 6.34. The van der Waals surface area contributed by atoms with Gasteiger partial charge in [0, 0.05) is 13.1 Å². The average molecular weight is 286 g/mol. The number of aliphatic hydroxyl groups excluding tert-OH is 1. The van der Waals surface area contributed by atoms with E-state index >= 15 is 0 Å². The third-order valence-corrected chi connectivity index (χ3v) is 4.63. The highest BCUT2D eigenvalue weighted by molar-refractivity contribution is 5.42. The van der Waals surface area contributed by atoms with Crippen LogP contribution < -0.4 is 10.1 Å². The predicted molar refractivity (Wildman–Crippen MR) is 79.9 cm³/mol. The first kappa shape index (κ1) is 14.4. The van der Waals surface area contributed by atoms with Crippen molar-refractivity contribution in [2.24, 2.45) is 11.3 Å². The number of nitrogens with one attached hydrogen (secondary N) is 1. The van der Waals surface area contributed by atoms with E-state index in [4.69, 9.17) is 10.00 Å². The van der Waals surface area contributed by atoms with Gasteiger partial charge < -0.3 is 15.2 Å². The fourth-order valence-corrected chi connectivity index (χ4v) is 3.00. The minimum atomic E-state index is -0.549. The zero-order valence-corrected chi connectivity index (χ0v) is 12.2. The number of ether oxygens (including phenoxy) is 1. The van der Waals surface area contributed by atoms with Crippen molar-refractivity contribution in [3.8, 4) is 11.8 Å². The molecule has 0 aliphatic heterocycles. The first-order chi connectivity index (χ1) is 10.2. The maximum absolute atomic E-state index is 9.98. The molecule has 2 aliphatic carbocycles. The summed E-state index contributed by atoms with van der Waals surface area (Å²) in [6.45, 7) is 1.77. The molecule has 1 unspecified atom stereocenters. The maximum Gasteiger partial charge on any atom is 0.137 e. The monoisotopic (exact) mass is 286 g/mol. The normalized spacial score (nSPS) is 20.6. The standard InChI is InChI=1S/C17H22N2O2/c18-9-13-3-1-2-4-16(13)21-11-15(20)10-19-12-17(7-8-17)14-5-6-14/h1-4,14-15,19-20H,5-8,10-12H2. The van der Waals surface area contributed by atoms with Crippen molar-refractivity contribution in [2.75, 3.05) is 19.7 Å². The number of nitrogens with zero attached hydrogens (tertiary/aromatic N) is 1. The van der Waals surface area contributed by atoms with Crippen LogP contribution in [0.1, 0.15) is 31.2 Å². The molecule has 0 radical (unpaired) electrons. The van der Waals surface area contributed by atoms with Crippen molar-refractivity contribution >= 4 is 0 Å². The number of para-hydroxylation sites is 1. The molecular weight excluding hydrogens is 264 g/mol. The molecule has 2 N–H and O–H groups in total. The number of nitriles is 1. The fraction of sp³-hybridized carbons (Fsp3) is 0.588. The lowest BCUT2D eigenvalue weighted by Gasteiger charge is -2.18. The smallest absolute Gasteiger partial charge is 0.137 e. The van der Waals surface area contributed by atoms with Gasteiger partial charge in [0.15, 0.2) is 0 Å². The quantitative estimate of drug-likeness (QED) is 0.768. The Hall–Kier alpha value is -1.57. The Balaban J connectivity index is 1.38. The summed E-state index contributed by atoms with van der Waals surface area (Å²) in [4.78, 5) is 0. The Bertz CT molecular complexity index is 530. The third kappa shape index (κ3) is 3.55. The van der Waals surface area contributed by atoms with Gasteiger partial charge in [-0.15, -0.1) is 0 Å². The molecule has 0 bridgehead atoms. The molecule has 3 rings (SSSR count). The summed E-state index contributed by atoms with van der Waals surface area (Å²) < 4.78 is 5.54. The number of aliphatic hydroxyl groups is 1. The molecule has 0 heterocycles. The number of benzene rings is 1. The third-order valence-electron chi connectivity index (χ3n) is 4.63. The number of rotatable bonds is 8. The summed E-state index contributed by atoms with van der Waals surface area (Å²) >= 11 is 0. The highest BCUT2D eigenvalue weighted by atomic mass is 16.5. The molecule has 2 saturated carbocycles. The zero-order chi connectivity index (χ0) is 14.7. The van der Waals surface area contributed by atoms with E-state index in [0.717, 1.165) is 12.5 Å². The minimum Gasteiger partial charge on any atom is -0.489 e. The molecule has 0 spiro atoms.